The molecule has 102 valence electrons. The summed E-state index contributed by atoms with van der Waals surface area (Å²) in [5.74, 6) is -0.0818. The zero-order valence-corrected chi connectivity index (χ0v) is 11.3. The minimum atomic E-state index is -0.832. The third-order valence-corrected chi connectivity index (χ3v) is 4.24. The van der Waals surface area contributed by atoms with Crippen LogP contribution in [0.4, 0.5) is 0 Å². The average Bonchev–Trinajstić information content (AvgIpc) is 2.97. The molecule has 2 atom stereocenters. The molecule has 1 aliphatic rings. The smallest absolute Gasteiger partial charge is 0.228 e. The van der Waals surface area contributed by atoms with Crippen LogP contribution in [0, 0.1) is 6.92 Å². The van der Waals surface area contributed by atoms with Crippen molar-refractivity contribution in [3.8, 4) is 0 Å². The zero-order chi connectivity index (χ0) is 13.6. The first-order valence-corrected chi connectivity index (χ1v) is 6.98. The van der Waals surface area contributed by atoms with Gasteiger partial charge in [-0.15, -0.1) is 11.3 Å². The van der Waals surface area contributed by atoms with Gasteiger partial charge in [0.05, 0.1) is 24.3 Å². The van der Waals surface area contributed by atoms with Gasteiger partial charge >= 0.3 is 0 Å². The van der Waals surface area contributed by atoms with Crippen LogP contribution in [0.3, 0.4) is 0 Å². The molecule has 1 amide bonds. The van der Waals surface area contributed by atoms with Crippen LogP contribution >= 0.6 is 11.3 Å². The zero-order valence-electron chi connectivity index (χ0n) is 10.5. The minimum absolute atomic E-state index is 0.0818. The molecule has 2 aromatic heterocycles. The van der Waals surface area contributed by atoms with Gasteiger partial charge in [-0.3, -0.25) is 9.20 Å². The van der Waals surface area contributed by atoms with E-state index >= 15 is 0 Å². The van der Waals surface area contributed by atoms with E-state index in [0.717, 1.165) is 16.3 Å². The highest BCUT2D eigenvalue weighted by molar-refractivity contribution is 7.15. The van der Waals surface area contributed by atoms with E-state index in [4.69, 9.17) is 0 Å². The van der Waals surface area contributed by atoms with E-state index in [1.54, 1.807) is 0 Å². The summed E-state index contributed by atoms with van der Waals surface area (Å²) in [5.41, 5.74) is 1.81. The molecule has 0 radical (unpaired) electrons. The van der Waals surface area contributed by atoms with E-state index < -0.39 is 12.2 Å². The molecule has 0 aliphatic carbocycles. The van der Waals surface area contributed by atoms with Gasteiger partial charge in [0.15, 0.2) is 4.96 Å². The van der Waals surface area contributed by atoms with Crippen LogP contribution in [0.5, 0.6) is 0 Å². The molecule has 1 saturated heterocycles. The summed E-state index contributed by atoms with van der Waals surface area (Å²) in [6.07, 6.45) is 0.501. The lowest BCUT2D eigenvalue weighted by atomic mass is 10.3. The van der Waals surface area contributed by atoms with Gasteiger partial charge in [0.2, 0.25) is 5.91 Å². The number of likely N-dealkylation sites (tertiary alicyclic amines) is 1. The Bertz CT molecular complexity index is 611. The summed E-state index contributed by atoms with van der Waals surface area (Å²) in [4.78, 5) is 18.8. The van der Waals surface area contributed by atoms with Crippen molar-refractivity contribution in [3.05, 3.63) is 23.0 Å². The van der Waals surface area contributed by atoms with Crippen LogP contribution in [-0.4, -0.2) is 55.7 Å². The normalized spacial score (nSPS) is 23.4. The number of carbonyl (C=O) groups is 1. The number of imidazole rings is 1. The number of amides is 1. The fraction of sp³-hybridized carbons (Fsp3) is 0.500. The lowest BCUT2D eigenvalue weighted by Crippen LogP contribution is -2.31. The Balaban J connectivity index is 1.76. The molecule has 7 heteroatoms. The SMILES string of the molecule is Cc1cn2c(CC(=O)N3C[C@@H](O)[C@@H](O)C3)csc2n1. The number of rotatable bonds is 2. The number of hydrogen-bond acceptors (Lipinski definition) is 5. The van der Waals surface area contributed by atoms with Crippen molar-refractivity contribution in [3.63, 3.8) is 0 Å². The molecule has 0 bridgehead atoms. The van der Waals surface area contributed by atoms with Crippen LogP contribution in [0.2, 0.25) is 0 Å². The third-order valence-electron chi connectivity index (χ3n) is 3.35. The molecule has 2 aromatic rings. The van der Waals surface area contributed by atoms with E-state index in [1.165, 1.54) is 16.2 Å². The molecule has 1 aliphatic heterocycles. The highest BCUT2D eigenvalue weighted by atomic mass is 32.1. The second-order valence-corrected chi connectivity index (χ2v) is 5.71. The number of thiazole rings is 1. The van der Waals surface area contributed by atoms with Gasteiger partial charge in [-0.1, -0.05) is 0 Å². The van der Waals surface area contributed by atoms with Gasteiger partial charge in [0.25, 0.3) is 0 Å². The van der Waals surface area contributed by atoms with Crippen LogP contribution in [0.1, 0.15) is 11.4 Å². The van der Waals surface area contributed by atoms with Crippen molar-refractivity contribution in [2.75, 3.05) is 13.1 Å². The number of carbonyl (C=O) groups excluding carboxylic acids is 1. The van der Waals surface area contributed by atoms with Gasteiger partial charge in [0.1, 0.15) is 0 Å². The molecule has 3 rings (SSSR count). The second-order valence-electron chi connectivity index (χ2n) is 4.87. The van der Waals surface area contributed by atoms with Crippen molar-refractivity contribution in [1.29, 1.82) is 0 Å². The first-order chi connectivity index (χ1) is 9.04. The number of aryl methyl sites for hydroxylation is 1. The summed E-state index contributed by atoms with van der Waals surface area (Å²) in [6.45, 7) is 2.32. The minimum Gasteiger partial charge on any atom is -0.388 e. The van der Waals surface area contributed by atoms with Crippen LogP contribution < -0.4 is 0 Å². The Morgan fingerprint density at radius 2 is 2.16 bits per heavy atom. The first kappa shape index (κ1) is 12.6. The number of nitrogens with zero attached hydrogens (tertiary/aromatic N) is 3. The van der Waals surface area contributed by atoms with E-state index in [9.17, 15) is 15.0 Å². The third kappa shape index (κ3) is 2.24. The molecule has 0 spiro atoms. The van der Waals surface area contributed by atoms with Crippen molar-refractivity contribution < 1.29 is 15.0 Å². The maximum atomic E-state index is 12.1. The summed E-state index contributed by atoms with van der Waals surface area (Å²) in [6, 6.07) is 0. The summed E-state index contributed by atoms with van der Waals surface area (Å²) in [7, 11) is 0. The van der Waals surface area contributed by atoms with Gasteiger partial charge in [-0.25, -0.2) is 4.98 Å². The maximum absolute atomic E-state index is 12.1. The van der Waals surface area contributed by atoms with Gasteiger partial charge < -0.3 is 15.1 Å². The lowest BCUT2D eigenvalue weighted by molar-refractivity contribution is -0.130. The van der Waals surface area contributed by atoms with Crippen LogP contribution in [0.15, 0.2) is 11.6 Å². The van der Waals surface area contributed by atoms with E-state index in [0.29, 0.717) is 0 Å². The summed E-state index contributed by atoms with van der Waals surface area (Å²) >= 11 is 1.50. The molecule has 0 saturated carbocycles. The fourth-order valence-electron chi connectivity index (χ4n) is 2.31. The first-order valence-electron chi connectivity index (χ1n) is 6.10. The van der Waals surface area contributed by atoms with Crippen molar-refractivity contribution >= 4 is 22.2 Å². The summed E-state index contributed by atoms with van der Waals surface area (Å²) in [5, 5.41) is 20.8. The Morgan fingerprint density at radius 3 is 2.84 bits per heavy atom. The van der Waals surface area contributed by atoms with Crippen molar-refractivity contribution in [2.24, 2.45) is 0 Å². The average molecular weight is 281 g/mol. The quantitative estimate of drug-likeness (QED) is 0.800. The molecule has 0 unspecified atom stereocenters. The number of aliphatic hydroxyl groups is 2. The Morgan fingerprint density at radius 1 is 1.47 bits per heavy atom. The number of aliphatic hydroxyl groups excluding tert-OH is 2. The predicted molar refractivity (Wildman–Crippen MR) is 70.1 cm³/mol. The lowest BCUT2D eigenvalue weighted by Gasteiger charge is -2.14. The molecule has 19 heavy (non-hydrogen) atoms. The standard InChI is InChI=1S/C12H15N3O3S/c1-7-3-15-8(6-19-12(15)13-7)2-11(18)14-4-9(16)10(17)5-14/h3,6,9-10,16-17H,2,4-5H2,1H3/t9-,10+. The topological polar surface area (TPSA) is 78.1 Å². The van der Waals surface area contributed by atoms with Crippen molar-refractivity contribution in [2.45, 2.75) is 25.6 Å². The molecule has 2 N–H and O–H groups in total. The van der Waals surface area contributed by atoms with Crippen LogP contribution in [0.25, 0.3) is 4.96 Å². The van der Waals surface area contributed by atoms with E-state index in [-0.39, 0.29) is 25.4 Å². The Kier molecular flexibility index (Phi) is 3.04. The number of fused-ring (bicyclic) bond motifs is 1. The van der Waals surface area contributed by atoms with Gasteiger partial charge in [-0.2, -0.15) is 0 Å². The van der Waals surface area contributed by atoms with Gasteiger partial charge in [0, 0.05) is 30.4 Å². The molecule has 1 fully saturated rings. The molecule has 6 nitrogen and oxygen atoms in total. The van der Waals surface area contributed by atoms with E-state index in [1.807, 2.05) is 22.9 Å². The largest absolute Gasteiger partial charge is 0.388 e. The Labute approximate surface area is 113 Å². The predicted octanol–water partition coefficient (Wildman–Crippen LogP) is -0.189. The summed E-state index contributed by atoms with van der Waals surface area (Å²) < 4.78 is 1.92. The maximum Gasteiger partial charge on any atom is 0.228 e. The molecule has 0 aromatic carbocycles. The molecular weight excluding hydrogens is 266 g/mol. The van der Waals surface area contributed by atoms with E-state index in [2.05, 4.69) is 4.98 Å². The Hall–Kier alpha value is -1.44. The number of hydrogen-bond donors (Lipinski definition) is 2. The second kappa shape index (κ2) is 4.59. The van der Waals surface area contributed by atoms with Gasteiger partial charge in [-0.05, 0) is 6.92 Å². The highest BCUT2D eigenvalue weighted by Gasteiger charge is 2.32. The highest BCUT2D eigenvalue weighted by Crippen LogP contribution is 2.18. The number of aromatic nitrogens is 2. The molecular formula is C12H15N3O3S. The van der Waals surface area contributed by atoms with Crippen molar-refractivity contribution in [1.82, 2.24) is 14.3 Å². The van der Waals surface area contributed by atoms with Crippen LogP contribution in [-0.2, 0) is 11.2 Å². The fourth-order valence-corrected chi connectivity index (χ4v) is 3.23. The molecule has 3 heterocycles. The number of β-amino-alcohol motifs (C(OH)–C–C–N with tert-alkyl or cyclic N) is 2. The monoisotopic (exact) mass is 281 g/mol.